The smallest absolute Gasteiger partial charge is 0.0649 e. The van der Waals surface area contributed by atoms with Gasteiger partial charge in [0.25, 0.3) is 0 Å². The minimum absolute atomic E-state index is 0.549. The number of aromatic nitrogens is 2. The Morgan fingerprint density at radius 1 is 1.22 bits per heavy atom. The molecule has 18 heavy (non-hydrogen) atoms. The normalized spacial score (nSPS) is 11.2. The molecule has 0 spiro atoms. The van der Waals surface area contributed by atoms with Crippen LogP contribution in [0.3, 0.4) is 0 Å². The summed E-state index contributed by atoms with van der Waals surface area (Å²) in [6.07, 6.45) is 2.81. The molecule has 2 rings (SSSR count). The van der Waals surface area contributed by atoms with Crippen molar-refractivity contribution < 1.29 is 0 Å². The van der Waals surface area contributed by atoms with Gasteiger partial charge in [0.05, 0.1) is 11.9 Å². The van der Waals surface area contributed by atoms with Crippen LogP contribution >= 0.6 is 0 Å². The van der Waals surface area contributed by atoms with Crippen molar-refractivity contribution >= 4 is 0 Å². The second kappa shape index (κ2) is 5.36. The molecule has 1 aromatic carbocycles. The summed E-state index contributed by atoms with van der Waals surface area (Å²) in [6.45, 7) is 7.09. The van der Waals surface area contributed by atoms with E-state index in [9.17, 15) is 0 Å². The highest BCUT2D eigenvalue weighted by Crippen LogP contribution is 2.19. The zero-order chi connectivity index (χ0) is 13.1. The van der Waals surface area contributed by atoms with E-state index in [1.165, 1.54) is 11.3 Å². The van der Waals surface area contributed by atoms with E-state index in [-0.39, 0.29) is 0 Å². The van der Waals surface area contributed by atoms with Gasteiger partial charge in [-0.05, 0) is 30.0 Å². The molecule has 1 heterocycles. The lowest BCUT2D eigenvalue weighted by Gasteiger charge is -2.10. The molecule has 0 radical (unpaired) electrons. The number of hydrogen-bond acceptors (Lipinski definition) is 2. The molecule has 0 atom stereocenters. The summed E-state index contributed by atoms with van der Waals surface area (Å²) in [5.74, 6) is 0.557. The van der Waals surface area contributed by atoms with Gasteiger partial charge in [0, 0.05) is 17.8 Å². The van der Waals surface area contributed by atoms with Crippen LogP contribution in [-0.2, 0) is 13.0 Å². The number of nitrogens with zero attached hydrogens (tertiary/aromatic N) is 2. The minimum Gasteiger partial charge on any atom is -0.326 e. The van der Waals surface area contributed by atoms with Gasteiger partial charge < -0.3 is 5.73 Å². The molecule has 0 saturated heterocycles. The molecular weight excluding hydrogens is 222 g/mol. The molecule has 0 bridgehead atoms. The first kappa shape index (κ1) is 12.8. The third-order valence-corrected chi connectivity index (χ3v) is 3.31. The van der Waals surface area contributed by atoms with Gasteiger partial charge in [0.2, 0.25) is 0 Å². The van der Waals surface area contributed by atoms with Crippen molar-refractivity contribution in [3.63, 3.8) is 0 Å². The summed E-state index contributed by atoms with van der Waals surface area (Å²) < 4.78 is 1.99. The molecule has 0 aliphatic carbocycles. The second-order valence-corrected chi connectivity index (χ2v) is 4.83. The van der Waals surface area contributed by atoms with Crippen LogP contribution in [0.1, 0.15) is 43.5 Å². The molecule has 3 nitrogen and oxygen atoms in total. The average Bonchev–Trinajstić information content (AvgIpc) is 2.81. The van der Waals surface area contributed by atoms with Crippen molar-refractivity contribution in [2.45, 2.75) is 39.7 Å². The highest BCUT2D eigenvalue weighted by molar-refractivity contribution is 5.38. The standard InChI is InChI=1S/C15H21N3/c1-4-15-13(9-16)10-17-18(15)14-7-5-12(6-8-14)11(2)3/h5-8,10-11H,4,9,16H2,1-3H3. The quantitative estimate of drug-likeness (QED) is 0.897. The lowest BCUT2D eigenvalue weighted by molar-refractivity contribution is 0.803. The van der Waals surface area contributed by atoms with Crippen molar-refractivity contribution in [3.8, 4) is 5.69 Å². The van der Waals surface area contributed by atoms with E-state index in [4.69, 9.17) is 5.73 Å². The summed E-state index contributed by atoms with van der Waals surface area (Å²) in [5.41, 5.74) is 10.5. The summed E-state index contributed by atoms with van der Waals surface area (Å²) in [5, 5.41) is 4.44. The van der Waals surface area contributed by atoms with Gasteiger partial charge in [-0.3, -0.25) is 0 Å². The van der Waals surface area contributed by atoms with Crippen molar-refractivity contribution in [1.29, 1.82) is 0 Å². The highest BCUT2D eigenvalue weighted by atomic mass is 15.3. The highest BCUT2D eigenvalue weighted by Gasteiger charge is 2.09. The Bertz CT molecular complexity index is 509. The molecule has 96 valence electrons. The molecule has 2 aromatic rings. The molecular formula is C15H21N3. The molecule has 0 amide bonds. The van der Waals surface area contributed by atoms with Crippen LogP contribution in [-0.4, -0.2) is 9.78 Å². The fourth-order valence-electron chi connectivity index (χ4n) is 2.18. The fraction of sp³-hybridized carbons (Fsp3) is 0.400. The third kappa shape index (κ3) is 2.31. The Morgan fingerprint density at radius 3 is 2.39 bits per heavy atom. The average molecular weight is 243 g/mol. The SMILES string of the molecule is CCc1c(CN)cnn1-c1ccc(C(C)C)cc1. The number of nitrogens with two attached hydrogens (primary N) is 1. The number of rotatable bonds is 4. The Labute approximate surface area is 109 Å². The van der Waals surface area contributed by atoms with Gasteiger partial charge in [-0.2, -0.15) is 5.10 Å². The summed E-state index contributed by atoms with van der Waals surface area (Å²) >= 11 is 0. The van der Waals surface area contributed by atoms with E-state index in [0.29, 0.717) is 12.5 Å². The van der Waals surface area contributed by atoms with Crippen LogP contribution in [0, 0.1) is 0 Å². The van der Waals surface area contributed by atoms with E-state index in [0.717, 1.165) is 17.7 Å². The first-order valence-corrected chi connectivity index (χ1v) is 6.53. The predicted octanol–water partition coefficient (Wildman–Crippen LogP) is 3.02. The van der Waals surface area contributed by atoms with E-state index >= 15 is 0 Å². The summed E-state index contributed by atoms with van der Waals surface area (Å²) in [7, 11) is 0. The molecule has 0 fully saturated rings. The van der Waals surface area contributed by atoms with Gasteiger partial charge in [-0.25, -0.2) is 4.68 Å². The van der Waals surface area contributed by atoms with E-state index in [1.54, 1.807) is 0 Å². The molecule has 0 saturated carbocycles. The Kier molecular flexibility index (Phi) is 3.82. The Morgan fingerprint density at radius 2 is 1.89 bits per heavy atom. The monoisotopic (exact) mass is 243 g/mol. The lowest BCUT2D eigenvalue weighted by Crippen LogP contribution is -2.05. The largest absolute Gasteiger partial charge is 0.326 e. The summed E-state index contributed by atoms with van der Waals surface area (Å²) in [6, 6.07) is 8.59. The first-order chi connectivity index (χ1) is 8.67. The zero-order valence-corrected chi connectivity index (χ0v) is 11.4. The van der Waals surface area contributed by atoms with Gasteiger partial charge >= 0.3 is 0 Å². The third-order valence-electron chi connectivity index (χ3n) is 3.31. The lowest BCUT2D eigenvalue weighted by atomic mass is 10.0. The van der Waals surface area contributed by atoms with E-state index in [1.807, 2.05) is 10.9 Å². The summed E-state index contributed by atoms with van der Waals surface area (Å²) in [4.78, 5) is 0. The Balaban J connectivity index is 2.39. The molecule has 2 N–H and O–H groups in total. The maximum Gasteiger partial charge on any atom is 0.0649 e. The van der Waals surface area contributed by atoms with Gasteiger partial charge in [-0.1, -0.05) is 32.9 Å². The second-order valence-electron chi connectivity index (χ2n) is 4.83. The topological polar surface area (TPSA) is 43.8 Å². The van der Waals surface area contributed by atoms with Crippen LogP contribution in [0.5, 0.6) is 0 Å². The first-order valence-electron chi connectivity index (χ1n) is 6.53. The van der Waals surface area contributed by atoms with Crippen LogP contribution in [0.4, 0.5) is 0 Å². The molecule has 0 aliphatic heterocycles. The van der Waals surface area contributed by atoms with E-state index < -0.39 is 0 Å². The van der Waals surface area contributed by atoms with Gasteiger partial charge in [0.15, 0.2) is 0 Å². The molecule has 0 unspecified atom stereocenters. The molecule has 1 aromatic heterocycles. The van der Waals surface area contributed by atoms with Crippen LogP contribution in [0.25, 0.3) is 5.69 Å². The van der Waals surface area contributed by atoms with Gasteiger partial charge in [0.1, 0.15) is 0 Å². The zero-order valence-electron chi connectivity index (χ0n) is 11.4. The van der Waals surface area contributed by atoms with Crippen LogP contribution < -0.4 is 5.73 Å². The number of hydrogen-bond donors (Lipinski definition) is 1. The van der Waals surface area contributed by atoms with Crippen molar-refractivity contribution in [2.24, 2.45) is 5.73 Å². The van der Waals surface area contributed by atoms with Crippen LogP contribution in [0.15, 0.2) is 30.5 Å². The van der Waals surface area contributed by atoms with Gasteiger partial charge in [-0.15, -0.1) is 0 Å². The molecule has 3 heteroatoms. The van der Waals surface area contributed by atoms with Crippen molar-refractivity contribution in [1.82, 2.24) is 9.78 Å². The maximum atomic E-state index is 5.73. The molecule has 0 aliphatic rings. The number of benzene rings is 1. The fourth-order valence-corrected chi connectivity index (χ4v) is 2.18. The Hall–Kier alpha value is -1.61. The van der Waals surface area contributed by atoms with Crippen LogP contribution in [0.2, 0.25) is 0 Å². The van der Waals surface area contributed by atoms with Crippen molar-refractivity contribution in [3.05, 3.63) is 47.3 Å². The van der Waals surface area contributed by atoms with E-state index in [2.05, 4.69) is 50.1 Å². The predicted molar refractivity (Wildman–Crippen MR) is 74.9 cm³/mol. The maximum absolute atomic E-state index is 5.73. The minimum atomic E-state index is 0.549. The van der Waals surface area contributed by atoms with Crippen molar-refractivity contribution in [2.75, 3.05) is 0 Å².